The molecule has 10 nitrogen and oxygen atoms in total. The maximum Gasteiger partial charge on any atom is 0.272 e. The van der Waals surface area contributed by atoms with Gasteiger partial charge in [0.2, 0.25) is 0 Å². The zero-order valence-corrected chi connectivity index (χ0v) is 19.7. The van der Waals surface area contributed by atoms with Gasteiger partial charge in [-0.25, -0.2) is 9.67 Å². The van der Waals surface area contributed by atoms with Gasteiger partial charge < -0.3 is 26.6 Å². The summed E-state index contributed by atoms with van der Waals surface area (Å²) in [4.78, 5) is 30.2. The minimum atomic E-state index is -0.848. The summed E-state index contributed by atoms with van der Waals surface area (Å²) in [6.45, 7) is -0.885. The molecule has 184 valence electrons. The van der Waals surface area contributed by atoms with E-state index < -0.39 is 31.1 Å². The summed E-state index contributed by atoms with van der Waals surface area (Å²) in [5, 5.41) is 28.3. The molecule has 2 aromatic heterocycles. The van der Waals surface area contributed by atoms with Crippen LogP contribution in [0.1, 0.15) is 20.8 Å². The first-order valence-corrected chi connectivity index (χ1v) is 11.3. The number of anilines is 2. The Hall–Kier alpha value is -4.25. The smallest absolute Gasteiger partial charge is 0.272 e. The highest BCUT2D eigenvalue weighted by molar-refractivity contribution is 6.34. The van der Waals surface area contributed by atoms with Crippen molar-refractivity contribution >= 4 is 35.1 Å². The van der Waals surface area contributed by atoms with E-state index in [9.17, 15) is 19.8 Å². The number of nitrogens with zero attached hydrogens (tertiary/aromatic N) is 3. The van der Waals surface area contributed by atoms with Crippen molar-refractivity contribution < 1.29 is 19.8 Å². The average molecular weight is 507 g/mol. The molecule has 2 amide bonds. The van der Waals surface area contributed by atoms with Crippen molar-refractivity contribution in [2.24, 2.45) is 0 Å². The molecule has 0 aliphatic carbocycles. The van der Waals surface area contributed by atoms with Crippen LogP contribution in [-0.4, -0.2) is 56.0 Å². The molecule has 0 atom stereocenters. The molecule has 6 N–H and O–H groups in total. The molecule has 0 bridgehead atoms. The normalized spacial score (nSPS) is 10.9. The number of pyridine rings is 1. The lowest BCUT2D eigenvalue weighted by atomic mass is 10.1. The highest BCUT2D eigenvalue weighted by Gasteiger charge is 2.21. The highest BCUT2D eigenvalue weighted by atomic mass is 35.5. The number of amides is 2. The molecule has 0 spiro atoms. The van der Waals surface area contributed by atoms with Gasteiger partial charge in [0.25, 0.3) is 11.8 Å². The van der Waals surface area contributed by atoms with Crippen molar-refractivity contribution in [3.63, 3.8) is 0 Å². The van der Waals surface area contributed by atoms with Gasteiger partial charge in [0.05, 0.1) is 41.2 Å². The zero-order valence-electron chi connectivity index (χ0n) is 18.9. The first kappa shape index (κ1) is 24.9. The zero-order chi connectivity index (χ0) is 25.7. The van der Waals surface area contributed by atoms with Crippen molar-refractivity contribution in [2.45, 2.75) is 6.04 Å². The second kappa shape index (κ2) is 11.0. The minimum Gasteiger partial charge on any atom is -0.394 e. The number of carbonyl (C=O) groups excluding carboxylic acids is 2. The van der Waals surface area contributed by atoms with Crippen LogP contribution >= 0.6 is 11.6 Å². The average Bonchev–Trinajstić information content (AvgIpc) is 3.31. The number of carbonyl (C=O) groups is 2. The van der Waals surface area contributed by atoms with Gasteiger partial charge in [0, 0.05) is 11.6 Å². The Labute approximate surface area is 211 Å². The molecule has 0 aliphatic heterocycles. The maximum atomic E-state index is 13.3. The van der Waals surface area contributed by atoms with Crippen molar-refractivity contribution in [3.8, 4) is 16.9 Å². The summed E-state index contributed by atoms with van der Waals surface area (Å²) >= 11 is 6.34. The molecule has 0 saturated heterocycles. The second-order valence-electron chi connectivity index (χ2n) is 7.79. The topological polar surface area (TPSA) is 155 Å². The van der Waals surface area contributed by atoms with E-state index in [1.165, 1.54) is 10.7 Å². The number of halogens is 1. The van der Waals surface area contributed by atoms with E-state index in [0.29, 0.717) is 22.8 Å². The Morgan fingerprint density at radius 2 is 1.72 bits per heavy atom. The molecule has 0 fully saturated rings. The SMILES string of the molecule is Nc1cccc(-c2ccc(Cl)c(C(=O)Nc3cc(C(=O)NC(CO)CO)nn3-c3ccccc3)c2)n1. The van der Waals surface area contributed by atoms with Gasteiger partial charge in [0.15, 0.2) is 5.69 Å². The van der Waals surface area contributed by atoms with Crippen molar-refractivity contribution in [2.75, 3.05) is 24.3 Å². The number of para-hydroxylation sites is 1. The molecule has 36 heavy (non-hydrogen) atoms. The van der Waals surface area contributed by atoms with E-state index in [4.69, 9.17) is 17.3 Å². The van der Waals surface area contributed by atoms with E-state index in [-0.39, 0.29) is 22.1 Å². The molecule has 0 saturated carbocycles. The Balaban J connectivity index is 1.67. The van der Waals surface area contributed by atoms with Crippen molar-refractivity contribution in [1.29, 1.82) is 0 Å². The van der Waals surface area contributed by atoms with Crippen LogP contribution in [0, 0.1) is 0 Å². The number of rotatable bonds is 8. The fraction of sp³-hybridized carbons (Fsp3) is 0.120. The van der Waals surface area contributed by atoms with Crippen LogP contribution < -0.4 is 16.4 Å². The lowest BCUT2D eigenvalue weighted by Crippen LogP contribution is -2.40. The van der Waals surface area contributed by atoms with Crippen molar-refractivity contribution in [1.82, 2.24) is 20.1 Å². The number of hydrogen-bond acceptors (Lipinski definition) is 7. The quantitative estimate of drug-likeness (QED) is 0.246. The number of nitrogens with two attached hydrogens (primary N) is 1. The minimum absolute atomic E-state index is 0.0233. The van der Waals surface area contributed by atoms with Gasteiger partial charge in [-0.2, -0.15) is 5.10 Å². The van der Waals surface area contributed by atoms with Crippen LogP contribution in [0.3, 0.4) is 0 Å². The molecular weight excluding hydrogens is 484 g/mol. The van der Waals surface area contributed by atoms with Gasteiger partial charge in [-0.15, -0.1) is 0 Å². The molecule has 2 aromatic carbocycles. The Kier molecular flexibility index (Phi) is 7.59. The second-order valence-corrected chi connectivity index (χ2v) is 8.20. The predicted octanol–water partition coefficient (Wildman–Crippen LogP) is 2.51. The molecule has 0 aliphatic rings. The summed E-state index contributed by atoms with van der Waals surface area (Å²) < 4.78 is 1.40. The van der Waals surface area contributed by atoms with Gasteiger partial charge in [0.1, 0.15) is 11.6 Å². The molecule has 0 radical (unpaired) electrons. The lowest BCUT2D eigenvalue weighted by Gasteiger charge is -2.11. The number of nitrogens with one attached hydrogen (secondary N) is 2. The Morgan fingerprint density at radius 1 is 0.972 bits per heavy atom. The van der Waals surface area contributed by atoms with Crippen LogP contribution in [0.15, 0.2) is 72.8 Å². The number of hydrogen-bond donors (Lipinski definition) is 5. The monoisotopic (exact) mass is 506 g/mol. The lowest BCUT2D eigenvalue weighted by molar-refractivity contribution is 0.0873. The van der Waals surface area contributed by atoms with Crippen LogP contribution in [0.2, 0.25) is 5.02 Å². The van der Waals surface area contributed by atoms with E-state index in [1.54, 1.807) is 60.7 Å². The van der Waals surface area contributed by atoms with E-state index in [0.717, 1.165) is 0 Å². The van der Waals surface area contributed by atoms with Gasteiger partial charge in [-0.3, -0.25) is 9.59 Å². The largest absolute Gasteiger partial charge is 0.394 e. The van der Waals surface area contributed by atoms with E-state index >= 15 is 0 Å². The fourth-order valence-electron chi connectivity index (χ4n) is 3.41. The molecule has 4 aromatic rings. The summed E-state index contributed by atoms with van der Waals surface area (Å²) in [5.41, 5.74) is 7.77. The van der Waals surface area contributed by atoms with Gasteiger partial charge in [-0.05, 0) is 36.4 Å². The number of benzene rings is 2. The van der Waals surface area contributed by atoms with Gasteiger partial charge in [-0.1, -0.05) is 41.9 Å². The maximum absolute atomic E-state index is 13.3. The van der Waals surface area contributed by atoms with E-state index in [2.05, 4.69) is 20.7 Å². The third-order valence-corrected chi connectivity index (χ3v) is 5.57. The third-order valence-electron chi connectivity index (χ3n) is 5.24. The molecule has 0 unspecified atom stereocenters. The number of aliphatic hydroxyl groups is 2. The van der Waals surface area contributed by atoms with Crippen LogP contribution in [0.25, 0.3) is 16.9 Å². The third kappa shape index (κ3) is 5.52. The highest BCUT2D eigenvalue weighted by Crippen LogP contribution is 2.26. The Morgan fingerprint density at radius 3 is 2.42 bits per heavy atom. The van der Waals surface area contributed by atoms with Crippen LogP contribution in [0.5, 0.6) is 0 Å². The summed E-state index contributed by atoms with van der Waals surface area (Å²) in [6.07, 6.45) is 0. The predicted molar refractivity (Wildman–Crippen MR) is 136 cm³/mol. The van der Waals surface area contributed by atoms with Crippen LogP contribution in [-0.2, 0) is 0 Å². The molecular formula is C25H23ClN6O4. The fourth-order valence-corrected chi connectivity index (χ4v) is 3.61. The summed E-state index contributed by atoms with van der Waals surface area (Å²) in [6, 6.07) is 19.6. The summed E-state index contributed by atoms with van der Waals surface area (Å²) in [7, 11) is 0. The molecule has 4 rings (SSSR count). The van der Waals surface area contributed by atoms with Crippen molar-refractivity contribution in [3.05, 3.63) is 89.1 Å². The number of aromatic nitrogens is 3. The molecule has 11 heteroatoms. The number of aliphatic hydroxyl groups excluding tert-OH is 2. The summed E-state index contributed by atoms with van der Waals surface area (Å²) in [5.74, 6) is -0.598. The Bertz CT molecular complexity index is 1390. The number of nitrogen functional groups attached to an aromatic ring is 1. The molecule has 2 heterocycles. The standard InChI is InChI=1S/C25H23ClN6O4/c26-19-10-9-15(20-7-4-8-22(27)29-20)11-18(19)24(35)30-23-12-21(25(36)28-16(13-33)14-34)31-32(23)17-5-2-1-3-6-17/h1-12,16,33-34H,13-14H2,(H2,27,29)(H,28,36)(H,30,35). The van der Waals surface area contributed by atoms with Gasteiger partial charge >= 0.3 is 0 Å². The van der Waals surface area contributed by atoms with Crippen LogP contribution in [0.4, 0.5) is 11.6 Å². The van der Waals surface area contributed by atoms with E-state index in [1.807, 2.05) is 6.07 Å². The first-order valence-electron chi connectivity index (χ1n) is 10.9. The first-order chi connectivity index (χ1) is 17.4.